The highest BCUT2D eigenvalue weighted by atomic mass is 35.5. The quantitative estimate of drug-likeness (QED) is 0.802. The van der Waals surface area contributed by atoms with Crippen LogP contribution in [0, 0.1) is 11.7 Å². The molecule has 1 aromatic rings. The lowest BCUT2D eigenvalue weighted by Gasteiger charge is -2.30. The first-order valence-electron chi connectivity index (χ1n) is 5.85. The molecule has 1 aliphatic heterocycles. The second kappa shape index (κ2) is 5.55. The molecule has 0 radical (unpaired) electrons. The number of sulfonamides is 1. The van der Waals surface area contributed by atoms with Crippen molar-refractivity contribution in [1.29, 1.82) is 0 Å². The molecule has 6 heteroatoms. The lowest BCUT2D eigenvalue weighted by Crippen LogP contribution is -2.40. The Morgan fingerprint density at radius 1 is 1.44 bits per heavy atom. The van der Waals surface area contributed by atoms with Gasteiger partial charge in [0.2, 0.25) is 10.0 Å². The molecule has 0 bridgehead atoms. The summed E-state index contributed by atoms with van der Waals surface area (Å²) >= 11 is 5.79. The first kappa shape index (κ1) is 13.8. The number of alkyl halides is 1. The summed E-state index contributed by atoms with van der Waals surface area (Å²) in [6.07, 6.45) is 1.74. The van der Waals surface area contributed by atoms with Crippen LogP contribution < -0.4 is 0 Å². The average Bonchev–Trinajstić information content (AvgIpc) is 2.39. The second-order valence-corrected chi connectivity index (χ2v) is 6.73. The third kappa shape index (κ3) is 2.84. The van der Waals surface area contributed by atoms with Crippen LogP contribution in [0.5, 0.6) is 0 Å². The van der Waals surface area contributed by atoms with Crippen LogP contribution in [-0.2, 0) is 10.0 Å². The third-order valence-corrected chi connectivity index (χ3v) is 5.43. The van der Waals surface area contributed by atoms with E-state index in [9.17, 15) is 12.8 Å². The first-order chi connectivity index (χ1) is 8.54. The Morgan fingerprint density at radius 2 is 2.22 bits per heavy atom. The Balaban J connectivity index is 2.25. The van der Waals surface area contributed by atoms with Gasteiger partial charge >= 0.3 is 0 Å². The van der Waals surface area contributed by atoms with Crippen molar-refractivity contribution in [3.63, 3.8) is 0 Å². The molecule has 1 heterocycles. The molecular weight excluding hydrogens is 277 g/mol. The molecule has 0 amide bonds. The summed E-state index contributed by atoms with van der Waals surface area (Å²) < 4.78 is 39.1. The summed E-state index contributed by atoms with van der Waals surface area (Å²) in [5.74, 6) is 0.0977. The zero-order valence-corrected chi connectivity index (χ0v) is 11.4. The van der Waals surface area contributed by atoms with Crippen molar-refractivity contribution in [1.82, 2.24) is 4.31 Å². The van der Waals surface area contributed by atoms with E-state index in [0.29, 0.717) is 19.0 Å². The smallest absolute Gasteiger partial charge is 0.207 e. The van der Waals surface area contributed by atoms with Gasteiger partial charge in [-0.2, -0.15) is 4.31 Å². The predicted octanol–water partition coefficient (Wildman–Crippen LogP) is 2.47. The SMILES string of the molecule is O=S(=O)(c1cccc(F)c1)N1CCCC(CCl)C1. The fourth-order valence-electron chi connectivity index (χ4n) is 2.15. The largest absolute Gasteiger partial charge is 0.243 e. The van der Waals surface area contributed by atoms with Crippen molar-refractivity contribution in [3.8, 4) is 0 Å². The van der Waals surface area contributed by atoms with Crippen LogP contribution in [0.3, 0.4) is 0 Å². The van der Waals surface area contributed by atoms with Crippen LogP contribution in [0.25, 0.3) is 0 Å². The van der Waals surface area contributed by atoms with E-state index in [1.807, 2.05) is 0 Å². The molecule has 100 valence electrons. The number of nitrogens with zero attached hydrogens (tertiary/aromatic N) is 1. The van der Waals surface area contributed by atoms with Crippen molar-refractivity contribution in [2.45, 2.75) is 17.7 Å². The van der Waals surface area contributed by atoms with Crippen molar-refractivity contribution < 1.29 is 12.8 Å². The number of benzene rings is 1. The predicted molar refractivity (Wildman–Crippen MR) is 68.6 cm³/mol. The van der Waals surface area contributed by atoms with Gasteiger partial charge in [0.15, 0.2) is 0 Å². The minimum Gasteiger partial charge on any atom is -0.207 e. The molecule has 1 atom stereocenters. The van der Waals surface area contributed by atoms with Gasteiger partial charge < -0.3 is 0 Å². The molecule has 0 aliphatic carbocycles. The fourth-order valence-corrected chi connectivity index (χ4v) is 3.99. The monoisotopic (exact) mass is 291 g/mol. The van der Waals surface area contributed by atoms with E-state index < -0.39 is 15.8 Å². The van der Waals surface area contributed by atoms with Gasteiger partial charge in [0.1, 0.15) is 5.82 Å². The number of rotatable bonds is 3. The molecule has 0 saturated carbocycles. The maximum Gasteiger partial charge on any atom is 0.243 e. The standard InChI is InChI=1S/C12H15ClFNO2S/c13-8-10-3-2-6-15(9-10)18(16,17)12-5-1-4-11(14)7-12/h1,4-5,7,10H,2-3,6,8-9H2. The van der Waals surface area contributed by atoms with Gasteiger partial charge in [-0.3, -0.25) is 0 Å². The Hall–Kier alpha value is -0.650. The fraction of sp³-hybridized carbons (Fsp3) is 0.500. The van der Waals surface area contributed by atoms with Gasteiger partial charge in [-0.15, -0.1) is 11.6 Å². The molecule has 0 spiro atoms. The van der Waals surface area contributed by atoms with Crippen molar-refractivity contribution in [3.05, 3.63) is 30.1 Å². The highest BCUT2D eigenvalue weighted by Crippen LogP contribution is 2.24. The van der Waals surface area contributed by atoms with Gasteiger partial charge in [-0.1, -0.05) is 6.07 Å². The molecule has 1 fully saturated rings. The number of hydrogen-bond acceptors (Lipinski definition) is 2. The summed E-state index contributed by atoms with van der Waals surface area (Å²) in [7, 11) is -3.59. The van der Waals surface area contributed by atoms with E-state index >= 15 is 0 Å². The van der Waals surface area contributed by atoms with E-state index in [0.717, 1.165) is 18.9 Å². The van der Waals surface area contributed by atoms with E-state index in [1.165, 1.54) is 22.5 Å². The summed E-state index contributed by atoms with van der Waals surface area (Å²) in [6, 6.07) is 5.12. The van der Waals surface area contributed by atoms with Crippen LogP contribution in [0.2, 0.25) is 0 Å². The van der Waals surface area contributed by atoms with Gasteiger partial charge in [0.25, 0.3) is 0 Å². The lowest BCUT2D eigenvalue weighted by molar-refractivity contribution is 0.283. The van der Waals surface area contributed by atoms with Gasteiger partial charge in [-0.25, -0.2) is 12.8 Å². The van der Waals surface area contributed by atoms with Crippen LogP contribution in [0.15, 0.2) is 29.2 Å². The Bertz CT molecular complexity index is 521. The first-order valence-corrected chi connectivity index (χ1v) is 7.83. The lowest BCUT2D eigenvalue weighted by atomic mass is 10.0. The molecule has 1 saturated heterocycles. The topological polar surface area (TPSA) is 37.4 Å². The van der Waals surface area contributed by atoms with Crippen molar-refractivity contribution in [2.75, 3.05) is 19.0 Å². The zero-order chi connectivity index (χ0) is 13.2. The van der Waals surface area contributed by atoms with E-state index in [-0.39, 0.29) is 10.8 Å². The van der Waals surface area contributed by atoms with Crippen LogP contribution in [0.4, 0.5) is 4.39 Å². The molecule has 18 heavy (non-hydrogen) atoms. The number of piperidine rings is 1. The maximum absolute atomic E-state index is 13.1. The summed E-state index contributed by atoms with van der Waals surface area (Å²) in [6.45, 7) is 0.897. The highest BCUT2D eigenvalue weighted by molar-refractivity contribution is 7.89. The zero-order valence-electron chi connectivity index (χ0n) is 9.85. The minimum absolute atomic E-state index is 0.0118. The Labute approximate surface area is 112 Å². The van der Waals surface area contributed by atoms with E-state index in [4.69, 9.17) is 11.6 Å². The third-order valence-electron chi connectivity index (χ3n) is 3.13. The Kier molecular flexibility index (Phi) is 4.25. The van der Waals surface area contributed by atoms with Crippen molar-refractivity contribution >= 4 is 21.6 Å². The summed E-state index contributed by atoms with van der Waals surface area (Å²) in [5, 5.41) is 0. The molecule has 1 unspecified atom stereocenters. The average molecular weight is 292 g/mol. The van der Waals surface area contributed by atoms with E-state index in [1.54, 1.807) is 0 Å². The van der Waals surface area contributed by atoms with Gasteiger partial charge in [0, 0.05) is 19.0 Å². The minimum atomic E-state index is -3.59. The summed E-state index contributed by atoms with van der Waals surface area (Å²) in [5.41, 5.74) is 0. The molecule has 1 aromatic carbocycles. The molecule has 2 rings (SSSR count). The van der Waals surface area contributed by atoms with Crippen LogP contribution in [-0.4, -0.2) is 31.7 Å². The normalized spacial score (nSPS) is 22.0. The molecular formula is C12H15ClFNO2S. The number of halogens is 2. The molecule has 0 N–H and O–H groups in total. The van der Waals surface area contributed by atoms with Crippen molar-refractivity contribution in [2.24, 2.45) is 5.92 Å². The van der Waals surface area contributed by atoms with Crippen LogP contribution in [0.1, 0.15) is 12.8 Å². The molecule has 1 aliphatic rings. The van der Waals surface area contributed by atoms with E-state index in [2.05, 4.69) is 0 Å². The van der Waals surface area contributed by atoms with Crippen LogP contribution >= 0.6 is 11.6 Å². The highest BCUT2D eigenvalue weighted by Gasteiger charge is 2.29. The Morgan fingerprint density at radius 3 is 2.89 bits per heavy atom. The molecule has 3 nitrogen and oxygen atoms in total. The number of hydrogen-bond donors (Lipinski definition) is 0. The van der Waals surface area contributed by atoms with Gasteiger partial charge in [-0.05, 0) is 37.0 Å². The van der Waals surface area contributed by atoms with Gasteiger partial charge in [0.05, 0.1) is 4.90 Å². The second-order valence-electron chi connectivity index (χ2n) is 4.48. The molecule has 0 aromatic heterocycles. The maximum atomic E-state index is 13.1. The summed E-state index contributed by atoms with van der Waals surface area (Å²) in [4.78, 5) is 0.0118.